The van der Waals surface area contributed by atoms with Gasteiger partial charge in [-0.2, -0.15) is 4.98 Å². The molecule has 2 aromatic heterocycles. The van der Waals surface area contributed by atoms with Crippen molar-refractivity contribution >= 4 is 0 Å². The molecule has 2 heterocycles. The summed E-state index contributed by atoms with van der Waals surface area (Å²) in [5.74, 6) is -0.0526. The zero-order valence-corrected chi connectivity index (χ0v) is 8.59. The maximum Gasteiger partial charge on any atom is 0.276 e. The maximum absolute atomic E-state index is 12.6. The average molecular weight is 223 g/mol. The van der Waals surface area contributed by atoms with Gasteiger partial charge in [0.2, 0.25) is 5.82 Å². The Labute approximate surface area is 90.9 Å². The van der Waals surface area contributed by atoms with Crippen molar-refractivity contribution < 1.29 is 14.0 Å². The molecule has 84 valence electrons. The summed E-state index contributed by atoms with van der Waals surface area (Å²) in [4.78, 5) is 7.76. The highest BCUT2D eigenvalue weighted by Gasteiger charge is 2.15. The predicted octanol–water partition coefficient (Wildman–Crippen LogP) is 1.71. The lowest BCUT2D eigenvalue weighted by Gasteiger charge is -1.98. The molecule has 2 aromatic rings. The first-order chi connectivity index (χ1) is 7.70. The van der Waals surface area contributed by atoms with E-state index in [4.69, 9.17) is 4.52 Å². The Kier molecular flexibility index (Phi) is 2.91. The summed E-state index contributed by atoms with van der Waals surface area (Å²) in [5, 5.41) is 13.1. The molecule has 0 amide bonds. The van der Waals surface area contributed by atoms with E-state index in [2.05, 4.69) is 15.1 Å². The molecule has 0 saturated carbocycles. The molecule has 0 aliphatic rings. The normalized spacial score (nSPS) is 12.7. The summed E-state index contributed by atoms with van der Waals surface area (Å²) in [6.07, 6.45) is 0.809. The molecule has 1 unspecified atom stereocenters. The molecule has 0 radical (unpaired) electrons. The highest BCUT2D eigenvalue weighted by Crippen LogP contribution is 2.18. The molecule has 0 saturated heterocycles. The lowest BCUT2D eigenvalue weighted by atomic mass is 10.3. The number of aromatic nitrogens is 3. The summed E-state index contributed by atoms with van der Waals surface area (Å²) < 4.78 is 17.5. The Balaban J connectivity index is 2.28. The highest BCUT2D eigenvalue weighted by molar-refractivity contribution is 5.45. The Morgan fingerprint density at radius 1 is 1.50 bits per heavy atom. The Morgan fingerprint density at radius 2 is 2.31 bits per heavy atom. The standard InChI is InChI=1S/C10H10FN3O2/c1-2-8(15)9-13-10(16-14-9)7-4-3-6(11)5-12-7/h3-5,8,15H,2H2,1H3. The second-order valence-electron chi connectivity index (χ2n) is 3.24. The molecule has 5 nitrogen and oxygen atoms in total. The number of halogens is 1. The Bertz CT molecular complexity index is 469. The molecule has 0 fully saturated rings. The van der Waals surface area contributed by atoms with Gasteiger partial charge in [0.15, 0.2) is 0 Å². The van der Waals surface area contributed by atoms with Gasteiger partial charge in [-0.05, 0) is 18.6 Å². The fraction of sp³-hybridized carbons (Fsp3) is 0.300. The minimum atomic E-state index is -0.752. The molecule has 16 heavy (non-hydrogen) atoms. The third kappa shape index (κ3) is 2.06. The van der Waals surface area contributed by atoms with Crippen LogP contribution < -0.4 is 0 Å². The number of hydrogen-bond acceptors (Lipinski definition) is 5. The number of hydrogen-bond donors (Lipinski definition) is 1. The van der Waals surface area contributed by atoms with Gasteiger partial charge >= 0.3 is 0 Å². The minimum Gasteiger partial charge on any atom is -0.385 e. The van der Waals surface area contributed by atoms with Crippen LogP contribution in [0.4, 0.5) is 4.39 Å². The van der Waals surface area contributed by atoms with E-state index in [0.29, 0.717) is 12.1 Å². The van der Waals surface area contributed by atoms with Crippen LogP contribution >= 0.6 is 0 Å². The lowest BCUT2D eigenvalue weighted by Crippen LogP contribution is -1.97. The van der Waals surface area contributed by atoms with Gasteiger partial charge in [-0.25, -0.2) is 9.37 Å². The van der Waals surface area contributed by atoms with Crippen LogP contribution in [0.2, 0.25) is 0 Å². The molecule has 0 aliphatic heterocycles. The van der Waals surface area contributed by atoms with Gasteiger partial charge in [-0.1, -0.05) is 12.1 Å². The molecule has 1 N–H and O–H groups in total. The quantitative estimate of drug-likeness (QED) is 0.857. The van der Waals surface area contributed by atoms with Gasteiger partial charge in [0.25, 0.3) is 5.89 Å². The monoisotopic (exact) mass is 223 g/mol. The summed E-state index contributed by atoms with van der Waals surface area (Å²) in [5.41, 5.74) is 0.378. The van der Waals surface area contributed by atoms with Gasteiger partial charge in [0.05, 0.1) is 6.20 Å². The second-order valence-corrected chi connectivity index (χ2v) is 3.24. The fourth-order valence-corrected chi connectivity index (χ4v) is 1.16. The van der Waals surface area contributed by atoms with Crippen LogP contribution in [-0.4, -0.2) is 20.2 Å². The van der Waals surface area contributed by atoms with Crippen molar-refractivity contribution in [1.29, 1.82) is 0 Å². The molecule has 0 bridgehead atoms. The SMILES string of the molecule is CCC(O)c1noc(-c2ccc(F)cn2)n1. The number of aliphatic hydroxyl groups is 1. The minimum absolute atomic E-state index is 0.169. The van der Waals surface area contributed by atoms with Crippen LogP contribution in [0, 0.1) is 5.82 Å². The van der Waals surface area contributed by atoms with Crippen LogP contribution in [0.5, 0.6) is 0 Å². The summed E-state index contributed by atoms with van der Waals surface area (Å²) in [6.45, 7) is 1.80. The Hall–Kier alpha value is -1.82. The molecule has 0 spiro atoms. The number of pyridine rings is 1. The van der Waals surface area contributed by atoms with Crippen molar-refractivity contribution in [2.75, 3.05) is 0 Å². The van der Waals surface area contributed by atoms with E-state index in [-0.39, 0.29) is 11.7 Å². The number of nitrogens with zero attached hydrogens (tertiary/aromatic N) is 3. The van der Waals surface area contributed by atoms with Gasteiger partial charge in [-0.3, -0.25) is 0 Å². The van der Waals surface area contributed by atoms with Crippen molar-refractivity contribution in [3.05, 3.63) is 30.0 Å². The van der Waals surface area contributed by atoms with Gasteiger partial charge < -0.3 is 9.63 Å². The molecule has 0 aromatic carbocycles. The predicted molar refractivity (Wildman–Crippen MR) is 52.7 cm³/mol. The fourth-order valence-electron chi connectivity index (χ4n) is 1.16. The molecule has 1 atom stereocenters. The van der Waals surface area contributed by atoms with Crippen molar-refractivity contribution in [1.82, 2.24) is 15.1 Å². The third-order valence-electron chi connectivity index (χ3n) is 2.07. The third-order valence-corrected chi connectivity index (χ3v) is 2.07. The summed E-state index contributed by atoms with van der Waals surface area (Å²) in [6, 6.07) is 2.69. The summed E-state index contributed by atoms with van der Waals surface area (Å²) >= 11 is 0. The van der Waals surface area contributed by atoms with Crippen LogP contribution in [0.15, 0.2) is 22.9 Å². The number of rotatable bonds is 3. The van der Waals surface area contributed by atoms with E-state index >= 15 is 0 Å². The lowest BCUT2D eigenvalue weighted by molar-refractivity contribution is 0.159. The van der Waals surface area contributed by atoms with Gasteiger partial charge in [0.1, 0.15) is 17.6 Å². The van der Waals surface area contributed by atoms with Crippen molar-refractivity contribution in [2.24, 2.45) is 0 Å². The van der Waals surface area contributed by atoms with Crippen molar-refractivity contribution in [3.8, 4) is 11.6 Å². The van der Waals surface area contributed by atoms with Crippen molar-refractivity contribution in [2.45, 2.75) is 19.4 Å². The zero-order chi connectivity index (χ0) is 11.5. The van der Waals surface area contributed by atoms with Crippen LogP contribution in [0.25, 0.3) is 11.6 Å². The zero-order valence-electron chi connectivity index (χ0n) is 8.59. The Morgan fingerprint density at radius 3 is 2.94 bits per heavy atom. The smallest absolute Gasteiger partial charge is 0.276 e. The summed E-state index contributed by atoms with van der Waals surface area (Å²) in [7, 11) is 0. The van der Waals surface area contributed by atoms with Crippen LogP contribution in [0.1, 0.15) is 25.3 Å². The number of aliphatic hydroxyl groups excluding tert-OH is 1. The first-order valence-electron chi connectivity index (χ1n) is 4.84. The highest BCUT2D eigenvalue weighted by atomic mass is 19.1. The average Bonchev–Trinajstić information content (AvgIpc) is 2.78. The molecule has 2 rings (SSSR count). The first-order valence-corrected chi connectivity index (χ1v) is 4.84. The van der Waals surface area contributed by atoms with E-state index in [0.717, 1.165) is 6.20 Å². The molecular weight excluding hydrogens is 213 g/mol. The van der Waals surface area contributed by atoms with E-state index in [1.807, 2.05) is 0 Å². The van der Waals surface area contributed by atoms with Crippen molar-refractivity contribution in [3.63, 3.8) is 0 Å². The maximum atomic E-state index is 12.6. The molecule has 6 heteroatoms. The van der Waals surface area contributed by atoms with E-state index < -0.39 is 11.9 Å². The van der Waals surface area contributed by atoms with E-state index in [9.17, 15) is 9.50 Å². The van der Waals surface area contributed by atoms with Crippen LogP contribution in [0.3, 0.4) is 0 Å². The molecular formula is C10H10FN3O2. The largest absolute Gasteiger partial charge is 0.385 e. The topological polar surface area (TPSA) is 72.0 Å². The second kappa shape index (κ2) is 4.36. The van der Waals surface area contributed by atoms with E-state index in [1.165, 1.54) is 12.1 Å². The van der Waals surface area contributed by atoms with E-state index in [1.54, 1.807) is 6.92 Å². The van der Waals surface area contributed by atoms with Gasteiger partial charge in [-0.15, -0.1) is 0 Å². The first kappa shape index (κ1) is 10.7. The van der Waals surface area contributed by atoms with Crippen LogP contribution in [-0.2, 0) is 0 Å². The molecule has 0 aliphatic carbocycles. The van der Waals surface area contributed by atoms with Gasteiger partial charge in [0, 0.05) is 0 Å².